The van der Waals surface area contributed by atoms with E-state index >= 15 is 0 Å². The molecule has 1 aromatic heterocycles. The van der Waals surface area contributed by atoms with E-state index in [0.717, 1.165) is 5.69 Å². The van der Waals surface area contributed by atoms with E-state index in [1.54, 1.807) is 10.9 Å². The van der Waals surface area contributed by atoms with E-state index in [2.05, 4.69) is 5.10 Å². The van der Waals surface area contributed by atoms with Crippen molar-refractivity contribution < 1.29 is 10.0 Å². The normalized spacial score (nSPS) is 10.1. The zero-order valence-electron chi connectivity index (χ0n) is 6.44. The molecule has 0 radical (unpaired) electrons. The molecule has 0 fully saturated rings. The van der Waals surface area contributed by atoms with Gasteiger partial charge in [0.2, 0.25) is 0 Å². The lowest BCUT2D eigenvalue weighted by Crippen LogP contribution is -2.12. The van der Waals surface area contributed by atoms with Crippen LogP contribution in [0.1, 0.15) is 5.69 Å². The summed E-state index contributed by atoms with van der Waals surface area (Å²) in [5, 5.41) is 21.1. The molecule has 0 saturated heterocycles. The molecule has 2 N–H and O–H groups in total. The largest absolute Gasteiger partial charge is 0.451 e. The quantitative estimate of drug-likeness (QED) is 0.573. The van der Waals surface area contributed by atoms with Gasteiger partial charge in [0.25, 0.3) is 0 Å². The average molecular weight is 154 g/mol. The topological polar surface area (TPSA) is 58.3 Å². The van der Waals surface area contributed by atoms with Gasteiger partial charge >= 0.3 is 7.12 Å². The SMILES string of the molecule is Cn1nccc1CCB(O)O. The monoisotopic (exact) mass is 154 g/mol. The third-order valence-corrected chi connectivity index (χ3v) is 1.58. The molecule has 5 heteroatoms. The first-order chi connectivity index (χ1) is 5.20. The molecule has 11 heavy (non-hydrogen) atoms. The molecule has 1 aromatic rings. The van der Waals surface area contributed by atoms with Crippen LogP contribution >= 0.6 is 0 Å². The van der Waals surface area contributed by atoms with Crippen molar-refractivity contribution in [2.45, 2.75) is 12.7 Å². The van der Waals surface area contributed by atoms with Gasteiger partial charge in [-0.05, 0) is 18.8 Å². The van der Waals surface area contributed by atoms with Gasteiger partial charge in [-0.2, -0.15) is 5.10 Å². The molecule has 0 amide bonds. The molecule has 0 aliphatic heterocycles. The third kappa shape index (κ3) is 2.36. The first-order valence-electron chi connectivity index (χ1n) is 3.53. The Balaban J connectivity index is 2.44. The maximum absolute atomic E-state index is 8.57. The van der Waals surface area contributed by atoms with Crippen molar-refractivity contribution in [3.63, 3.8) is 0 Å². The molecule has 0 spiro atoms. The first kappa shape index (κ1) is 8.29. The fourth-order valence-electron chi connectivity index (χ4n) is 0.924. The van der Waals surface area contributed by atoms with Crippen LogP contribution in [0.25, 0.3) is 0 Å². The van der Waals surface area contributed by atoms with Gasteiger partial charge in [-0.15, -0.1) is 0 Å². The zero-order valence-corrected chi connectivity index (χ0v) is 6.44. The molecular formula is C6H11BN2O2. The van der Waals surface area contributed by atoms with Crippen LogP contribution in [0.5, 0.6) is 0 Å². The van der Waals surface area contributed by atoms with Gasteiger partial charge in [0, 0.05) is 18.9 Å². The summed E-state index contributed by atoms with van der Waals surface area (Å²) >= 11 is 0. The predicted molar refractivity (Wildman–Crippen MR) is 41.9 cm³/mol. The van der Waals surface area contributed by atoms with Gasteiger partial charge in [0.05, 0.1) is 0 Å². The highest BCUT2D eigenvalue weighted by Crippen LogP contribution is 2.01. The highest BCUT2D eigenvalue weighted by atomic mass is 16.4. The number of aryl methyl sites for hydroxylation is 2. The zero-order chi connectivity index (χ0) is 8.27. The predicted octanol–water partition coefficient (Wildman–Crippen LogP) is -0.565. The molecule has 0 saturated carbocycles. The molecule has 1 rings (SSSR count). The van der Waals surface area contributed by atoms with Crippen molar-refractivity contribution in [2.24, 2.45) is 7.05 Å². The second-order valence-electron chi connectivity index (χ2n) is 2.47. The molecule has 0 aliphatic rings. The third-order valence-electron chi connectivity index (χ3n) is 1.58. The van der Waals surface area contributed by atoms with E-state index in [9.17, 15) is 0 Å². The molecule has 60 valence electrons. The highest BCUT2D eigenvalue weighted by Gasteiger charge is 2.07. The van der Waals surface area contributed by atoms with E-state index in [1.807, 2.05) is 13.1 Å². The van der Waals surface area contributed by atoms with Gasteiger partial charge < -0.3 is 10.0 Å². The molecular weight excluding hydrogens is 143 g/mol. The summed E-state index contributed by atoms with van der Waals surface area (Å²) in [6.45, 7) is 0. The van der Waals surface area contributed by atoms with E-state index in [0.29, 0.717) is 12.7 Å². The Morgan fingerprint density at radius 2 is 2.36 bits per heavy atom. The van der Waals surface area contributed by atoms with Crippen LogP contribution < -0.4 is 0 Å². The number of hydrogen-bond donors (Lipinski definition) is 2. The van der Waals surface area contributed by atoms with Crippen molar-refractivity contribution in [2.75, 3.05) is 0 Å². The van der Waals surface area contributed by atoms with E-state index in [4.69, 9.17) is 10.0 Å². The standard InChI is InChI=1S/C6H11BN2O2/c1-9-6(3-5-8-9)2-4-7(10)11/h3,5,10-11H,2,4H2,1H3. The minimum Gasteiger partial charge on any atom is -0.427 e. The maximum atomic E-state index is 8.57. The van der Waals surface area contributed by atoms with Crippen molar-refractivity contribution >= 4 is 7.12 Å². The number of hydrogen-bond acceptors (Lipinski definition) is 3. The smallest absolute Gasteiger partial charge is 0.427 e. The molecule has 0 aliphatic carbocycles. The first-order valence-corrected chi connectivity index (χ1v) is 3.53. The maximum Gasteiger partial charge on any atom is 0.451 e. The van der Waals surface area contributed by atoms with Crippen molar-refractivity contribution in [3.8, 4) is 0 Å². The lowest BCUT2D eigenvalue weighted by atomic mass is 9.84. The van der Waals surface area contributed by atoms with E-state index in [-0.39, 0.29) is 0 Å². The Labute approximate surface area is 65.6 Å². The summed E-state index contributed by atoms with van der Waals surface area (Å²) in [4.78, 5) is 0. The van der Waals surface area contributed by atoms with E-state index in [1.165, 1.54) is 0 Å². The lowest BCUT2D eigenvalue weighted by Gasteiger charge is -1.99. The van der Waals surface area contributed by atoms with Crippen LogP contribution in [0.2, 0.25) is 6.32 Å². The van der Waals surface area contributed by atoms with Crippen LogP contribution in [0.4, 0.5) is 0 Å². The average Bonchev–Trinajstić information content (AvgIpc) is 2.31. The Morgan fingerprint density at radius 1 is 1.64 bits per heavy atom. The van der Waals surface area contributed by atoms with Gasteiger partial charge in [-0.1, -0.05) is 0 Å². The Morgan fingerprint density at radius 3 is 2.82 bits per heavy atom. The minimum atomic E-state index is -1.22. The van der Waals surface area contributed by atoms with Crippen molar-refractivity contribution in [1.82, 2.24) is 9.78 Å². The second-order valence-corrected chi connectivity index (χ2v) is 2.47. The van der Waals surface area contributed by atoms with Gasteiger partial charge in [-0.25, -0.2) is 0 Å². The summed E-state index contributed by atoms with van der Waals surface area (Å²) in [7, 11) is 0.615. The highest BCUT2D eigenvalue weighted by molar-refractivity contribution is 6.40. The van der Waals surface area contributed by atoms with E-state index < -0.39 is 7.12 Å². The number of rotatable bonds is 3. The van der Waals surface area contributed by atoms with Crippen LogP contribution in [-0.4, -0.2) is 26.9 Å². The number of nitrogens with zero attached hydrogens (tertiary/aromatic N) is 2. The Bertz CT molecular complexity index is 224. The molecule has 0 aromatic carbocycles. The van der Waals surface area contributed by atoms with Gasteiger partial charge in [-0.3, -0.25) is 4.68 Å². The summed E-state index contributed by atoms with van der Waals surface area (Å²) < 4.78 is 1.72. The Kier molecular flexibility index (Phi) is 2.67. The molecule has 1 heterocycles. The van der Waals surface area contributed by atoms with Crippen LogP contribution in [0.3, 0.4) is 0 Å². The number of aromatic nitrogens is 2. The summed E-state index contributed by atoms with van der Waals surface area (Å²) in [5.41, 5.74) is 1.01. The van der Waals surface area contributed by atoms with Crippen LogP contribution in [-0.2, 0) is 13.5 Å². The fraction of sp³-hybridized carbons (Fsp3) is 0.500. The molecule has 0 bridgehead atoms. The van der Waals surface area contributed by atoms with Gasteiger partial charge in [0.15, 0.2) is 0 Å². The van der Waals surface area contributed by atoms with Crippen molar-refractivity contribution in [1.29, 1.82) is 0 Å². The summed E-state index contributed by atoms with van der Waals surface area (Å²) in [6.07, 6.45) is 2.70. The lowest BCUT2D eigenvalue weighted by molar-refractivity contribution is 0.404. The molecule has 4 nitrogen and oxygen atoms in total. The summed E-state index contributed by atoms with van der Waals surface area (Å²) in [6, 6.07) is 1.86. The summed E-state index contributed by atoms with van der Waals surface area (Å²) in [5.74, 6) is 0. The molecule has 0 atom stereocenters. The second kappa shape index (κ2) is 3.55. The minimum absolute atomic E-state index is 0.361. The van der Waals surface area contributed by atoms with Crippen LogP contribution in [0.15, 0.2) is 12.3 Å². The van der Waals surface area contributed by atoms with Crippen molar-refractivity contribution in [3.05, 3.63) is 18.0 Å². The fourth-order valence-corrected chi connectivity index (χ4v) is 0.924. The molecule has 0 unspecified atom stereocenters. The van der Waals surface area contributed by atoms with Crippen LogP contribution in [0, 0.1) is 0 Å². The van der Waals surface area contributed by atoms with Gasteiger partial charge in [0.1, 0.15) is 0 Å². The Hall–Kier alpha value is -0.805.